The van der Waals surface area contributed by atoms with Crippen LogP contribution in [-0.4, -0.2) is 64.6 Å². The Kier molecular flexibility index (Phi) is 7.64. The molecule has 7 heteroatoms. The standard InChI is InChI=1S/C17H29N3O3S/c1-19(14-16-7-4-3-5-8-16)24(21,22)18-13-17-9-6-10-20(15-17)11-12-23-2/h3-5,7-8,17-18H,6,9-15H2,1-2H3/t17-/m0/s1. The normalized spacial score (nSPS) is 19.7. The molecule has 1 N–H and O–H groups in total. The van der Waals surface area contributed by atoms with Gasteiger partial charge in [-0.2, -0.15) is 12.7 Å². The lowest BCUT2D eigenvalue weighted by Crippen LogP contribution is -2.44. The summed E-state index contributed by atoms with van der Waals surface area (Å²) in [6, 6.07) is 9.62. The van der Waals surface area contributed by atoms with Crippen molar-refractivity contribution < 1.29 is 13.2 Å². The molecule has 1 saturated heterocycles. The first-order valence-electron chi connectivity index (χ1n) is 8.47. The molecule has 0 aliphatic carbocycles. The van der Waals surface area contributed by atoms with E-state index in [1.54, 1.807) is 14.2 Å². The quantitative estimate of drug-likeness (QED) is 0.726. The van der Waals surface area contributed by atoms with E-state index >= 15 is 0 Å². The van der Waals surface area contributed by atoms with Crippen molar-refractivity contribution in [3.8, 4) is 0 Å². The summed E-state index contributed by atoms with van der Waals surface area (Å²) in [6.07, 6.45) is 2.17. The third-order valence-corrected chi connectivity index (χ3v) is 5.91. The van der Waals surface area contributed by atoms with Gasteiger partial charge >= 0.3 is 0 Å². The van der Waals surface area contributed by atoms with Crippen LogP contribution >= 0.6 is 0 Å². The lowest BCUT2D eigenvalue weighted by Gasteiger charge is -2.32. The summed E-state index contributed by atoms with van der Waals surface area (Å²) in [5, 5.41) is 0. The molecule has 1 heterocycles. The maximum absolute atomic E-state index is 12.4. The van der Waals surface area contributed by atoms with Crippen molar-refractivity contribution in [3.63, 3.8) is 0 Å². The molecular formula is C17H29N3O3S. The first kappa shape index (κ1) is 19.3. The Bertz CT molecular complexity index is 580. The van der Waals surface area contributed by atoms with Gasteiger partial charge in [-0.3, -0.25) is 0 Å². The monoisotopic (exact) mass is 355 g/mol. The molecule has 1 aliphatic rings. The van der Waals surface area contributed by atoms with Crippen LogP contribution in [0.2, 0.25) is 0 Å². The van der Waals surface area contributed by atoms with Gasteiger partial charge in [-0.15, -0.1) is 0 Å². The Morgan fingerprint density at radius 1 is 1.33 bits per heavy atom. The summed E-state index contributed by atoms with van der Waals surface area (Å²) in [5.41, 5.74) is 0.980. The van der Waals surface area contributed by atoms with Gasteiger partial charge < -0.3 is 9.64 Å². The van der Waals surface area contributed by atoms with Crippen LogP contribution in [0, 0.1) is 5.92 Å². The van der Waals surface area contributed by atoms with Crippen LogP contribution in [-0.2, 0) is 21.5 Å². The Balaban J connectivity index is 1.81. The van der Waals surface area contributed by atoms with Gasteiger partial charge in [0.05, 0.1) is 6.61 Å². The number of rotatable bonds is 9. The molecule has 1 aliphatic heterocycles. The number of hydrogen-bond acceptors (Lipinski definition) is 4. The van der Waals surface area contributed by atoms with E-state index in [1.165, 1.54) is 4.31 Å². The van der Waals surface area contributed by atoms with Crippen molar-refractivity contribution in [1.29, 1.82) is 0 Å². The Labute approximate surface area is 146 Å². The lowest BCUT2D eigenvalue weighted by atomic mass is 9.98. The van der Waals surface area contributed by atoms with E-state index in [-0.39, 0.29) is 0 Å². The van der Waals surface area contributed by atoms with Crippen molar-refractivity contribution in [3.05, 3.63) is 35.9 Å². The van der Waals surface area contributed by atoms with Gasteiger partial charge in [-0.05, 0) is 30.9 Å². The van der Waals surface area contributed by atoms with E-state index in [9.17, 15) is 8.42 Å². The highest BCUT2D eigenvalue weighted by molar-refractivity contribution is 7.87. The van der Waals surface area contributed by atoms with Gasteiger partial charge in [0.15, 0.2) is 0 Å². The zero-order valence-electron chi connectivity index (χ0n) is 14.6. The van der Waals surface area contributed by atoms with Crippen LogP contribution in [0.1, 0.15) is 18.4 Å². The fraction of sp³-hybridized carbons (Fsp3) is 0.647. The average Bonchev–Trinajstić information content (AvgIpc) is 2.59. The minimum atomic E-state index is -3.45. The number of piperidine rings is 1. The van der Waals surface area contributed by atoms with Gasteiger partial charge in [-0.25, -0.2) is 4.72 Å². The number of nitrogens with one attached hydrogen (secondary N) is 1. The van der Waals surface area contributed by atoms with Gasteiger partial charge in [0.1, 0.15) is 0 Å². The zero-order chi connectivity index (χ0) is 17.4. The highest BCUT2D eigenvalue weighted by Gasteiger charge is 2.23. The third-order valence-electron chi connectivity index (χ3n) is 4.43. The smallest absolute Gasteiger partial charge is 0.279 e. The summed E-state index contributed by atoms with van der Waals surface area (Å²) in [4.78, 5) is 2.35. The van der Waals surface area contributed by atoms with Crippen LogP contribution in [0.15, 0.2) is 30.3 Å². The molecule has 1 aromatic rings. The zero-order valence-corrected chi connectivity index (χ0v) is 15.5. The van der Waals surface area contributed by atoms with E-state index in [4.69, 9.17) is 4.74 Å². The van der Waals surface area contributed by atoms with Gasteiger partial charge in [0.25, 0.3) is 10.2 Å². The maximum atomic E-state index is 12.4. The minimum absolute atomic E-state index is 0.357. The second-order valence-electron chi connectivity index (χ2n) is 6.40. The largest absolute Gasteiger partial charge is 0.383 e. The van der Waals surface area contributed by atoms with Crippen LogP contribution in [0.3, 0.4) is 0 Å². The molecule has 0 aromatic heterocycles. The molecular weight excluding hydrogens is 326 g/mol. The third kappa shape index (κ3) is 6.14. The first-order chi connectivity index (χ1) is 11.5. The number of likely N-dealkylation sites (tertiary alicyclic amines) is 1. The SMILES string of the molecule is COCCN1CCC[C@@H](CNS(=O)(=O)N(C)Cc2ccccc2)C1. The minimum Gasteiger partial charge on any atom is -0.383 e. The van der Waals surface area contributed by atoms with Crippen LogP contribution < -0.4 is 4.72 Å². The van der Waals surface area contributed by atoms with Crippen LogP contribution in [0.25, 0.3) is 0 Å². The summed E-state index contributed by atoms with van der Waals surface area (Å²) in [5.74, 6) is 0.357. The number of nitrogens with zero attached hydrogens (tertiary/aromatic N) is 2. The predicted octanol–water partition coefficient (Wildman–Crippen LogP) is 1.31. The molecule has 136 valence electrons. The molecule has 2 rings (SSSR count). The molecule has 24 heavy (non-hydrogen) atoms. The fourth-order valence-electron chi connectivity index (χ4n) is 3.00. The summed E-state index contributed by atoms with van der Waals surface area (Å²) < 4.78 is 34.1. The number of methoxy groups -OCH3 is 1. The topological polar surface area (TPSA) is 61.9 Å². The molecule has 1 atom stereocenters. The maximum Gasteiger partial charge on any atom is 0.279 e. The lowest BCUT2D eigenvalue weighted by molar-refractivity contribution is 0.115. The highest BCUT2D eigenvalue weighted by atomic mass is 32.2. The molecule has 6 nitrogen and oxygen atoms in total. The second-order valence-corrected chi connectivity index (χ2v) is 8.26. The Hall–Kier alpha value is -0.990. The molecule has 0 unspecified atom stereocenters. The van der Waals surface area contributed by atoms with Crippen molar-refractivity contribution in [2.24, 2.45) is 5.92 Å². The summed E-state index contributed by atoms with van der Waals surface area (Å²) in [7, 11) is -0.133. The van der Waals surface area contributed by atoms with E-state index in [0.29, 0.717) is 19.0 Å². The molecule has 0 spiro atoms. The molecule has 0 amide bonds. The summed E-state index contributed by atoms with van der Waals surface area (Å²) >= 11 is 0. The average molecular weight is 356 g/mol. The Morgan fingerprint density at radius 3 is 2.79 bits per heavy atom. The molecule has 0 radical (unpaired) electrons. The van der Waals surface area contributed by atoms with E-state index in [0.717, 1.165) is 44.6 Å². The Morgan fingerprint density at radius 2 is 2.08 bits per heavy atom. The first-order valence-corrected chi connectivity index (χ1v) is 9.91. The summed E-state index contributed by atoms with van der Waals surface area (Å²) in [6.45, 7) is 4.49. The molecule has 1 aromatic carbocycles. The van der Waals surface area contributed by atoms with Crippen LogP contribution in [0.4, 0.5) is 0 Å². The fourth-order valence-corrected chi connectivity index (χ4v) is 3.99. The molecule has 0 bridgehead atoms. The van der Waals surface area contributed by atoms with E-state index < -0.39 is 10.2 Å². The van der Waals surface area contributed by atoms with Gasteiger partial charge in [-0.1, -0.05) is 30.3 Å². The molecule has 0 saturated carbocycles. The second kappa shape index (κ2) is 9.48. The highest BCUT2D eigenvalue weighted by Crippen LogP contribution is 2.16. The van der Waals surface area contributed by atoms with E-state index in [1.807, 2.05) is 30.3 Å². The number of benzene rings is 1. The van der Waals surface area contributed by atoms with Crippen molar-refractivity contribution in [2.75, 3.05) is 46.9 Å². The number of ether oxygens (including phenoxy) is 1. The van der Waals surface area contributed by atoms with Gasteiger partial charge in [0.2, 0.25) is 0 Å². The van der Waals surface area contributed by atoms with Crippen molar-refractivity contribution >= 4 is 10.2 Å². The van der Waals surface area contributed by atoms with Crippen molar-refractivity contribution in [1.82, 2.24) is 13.9 Å². The predicted molar refractivity (Wildman–Crippen MR) is 95.9 cm³/mol. The van der Waals surface area contributed by atoms with Crippen LogP contribution in [0.5, 0.6) is 0 Å². The number of hydrogen-bond donors (Lipinski definition) is 1. The molecule has 1 fully saturated rings. The van der Waals surface area contributed by atoms with Crippen molar-refractivity contribution in [2.45, 2.75) is 19.4 Å². The van der Waals surface area contributed by atoms with E-state index in [2.05, 4.69) is 9.62 Å². The van der Waals surface area contributed by atoms with Gasteiger partial charge in [0, 0.05) is 40.3 Å².